The molecule has 0 saturated carbocycles. The molecule has 0 aromatic rings. The maximum atomic E-state index is 10.9. The van der Waals surface area contributed by atoms with E-state index >= 15 is 0 Å². The Bertz CT molecular complexity index is 168. The molecule has 0 spiro atoms. The zero-order valence-electron chi connectivity index (χ0n) is 8.19. The molecule has 0 atom stereocenters. The van der Waals surface area contributed by atoms with Crippen LogP contribution in [-0.2, 0) is 9.59 Å². The molecule has 74 valence electrons. The number of hydrogen-bond donors (Lipinski definition) is 0. The Kier molecular flexibility index (Phi) is 9.56. The SMILES string of the molecule is C#C.C=O.CN1CCN(C)C(=O)C1. The van der Waals surface area contributed by atoms with E-state index in [-0.39, 0.29) is 5.91 Å². The van der Waals surface area contributed by atoms with Gasteiger partial charge in [-0.1, -0.05) is 0 Å². The van der Waals surface area contributed by atoms with Crippen molar-refractivity contribution in [1.29, 1.82) is 0 Å². The molecule has 1 aliphatic rings. The minimum absolute atomic E-state index is 0.226. The lowest BCUT2D eigenvalue weighted by Gasteiger charge is -2.28. The highest BCUT2D eigenvalue weighted by atomic mass is 16.2. The molecule has 4 heteroatoms. The lowest BCUT2D eigenvalue weighted by molar-refractivity contribution is -0.133. The molecular weight excluding hydrogens is 168 g/mol. The zero-order chi connectivity index (χ0) is 10.9. The first-order valence-corrected chi connectivity index (χ1v) is 3.75. The lowest BCUT2D eigenvalue weighted by atomic mass is 10.3. The van der Waals surface area contributed by atoms with E-state index in [2.05, 4.69) is 12.8 Å². The van der Waals surface area contributed by atoms with Gasteiger partial charge in [0, 0.05) is 20.1 Å². The van der Waals surface area contributed by atoms with E-state index in [0.29, 0.717) is 6.54 Å². The van der Waals surface area contributed by atoms with Crippen molar-refractivity contribution < 1.29 is 9.59 Å². The van der Waals surface area contributed by atoms with Crippen molar-refractivity contribution in [3.63, 3.8) is 0 Å². The average Bonchev–Trinajstić information content (AvgIpc) is 2.18. The van der Waals surface area contributed by atoms with Gasteiger partial charge in [-0.3, -0.25) is 9.69 Å². The molecule has 1 amide bonds. The molecule has 13 heavy (non-hydrogen) atoms. The zero-order valence-corrected chi connectivity index (χ0v) is 8.19. The molecule has 0 radical (unpaired) electrons. The standard InChI is InChI=1S/C6H12N2O.C2H2.CH2O/c1-7-3-4-8(2)6(9)5-7;2*1-2/h3-5H2,1-2H3;1-2H;1H2. The Labute approximate surface area is 79.5 Å². The summed E-state index contributed by atoms with van der Waals surface area (Å²) in [6, 6.07) is 0. The summed E-state index contributed by atoms with van der Waals surface area (Å²) < 4.78 is 0. The van der Waals surface area contributed by atoms with Gasteiger partial charge in [0.1, 0.15) is 6.79 Å². The van der Waals surface area contributed by atoms with E-state index in [1.807, 2.05) is 25.8 Å². The summed E-state index contributed by atoms with van der Waals surface area (Å²) >= 11 is 0. The largest absolute Gasteiger partial charge is 0.343 e. The van der Waals surface area contributed by atoms with Crippen LogP contribution < -0.4 is 0 Å². The van der Waals surface area contributed by atoms with E-state index in [4.69, 9.17) is 4.79 Å². The van der Waals surface area contributed by atoms with Crippen LogP contribution in [0, 0.1) is 12.8 Å². The molecule has 0 aromatic heterocycles. The predicted octanol–water partition coefficient (Wildman–Crippen LogP) is -0.545. The van der Waals surface area contributed by atoms with E-state index in [0.717, 1.165) is 13.1 Å². The van der Waals surface area contributed by atoms with Crippen LogP contribution >= 0.6 is 0 Å². The average molecular weight is 184 g/mol. The minimum atomic E-state index is 0.226. The number of terminal acetylenes is 1. The first kappa shape index (κ1) is 14.2. The summed E-state index contributed by atoms with van der Waals surface area (Å²) in [5.74, 6) is 0.226. The van der Waals surface area contributed by atoms with Gasteiger partial charge in [0.15, 0.2) is 0 Å². The molecular formula is C9H16N2O2. The molecule has 0 aromatic carbocycles. The molecule has 1 saturated heterocycles. The fourth-order valence-electron chi connectivity index (χ4n) is 0.876. The Balaban J connectivity index is 0. The number of carbonyl (C=O) groups excluding carboxylic acids is 2. The summed E-state index contributed by atoms with van der Waals surface area (Å²) in [5, 5.41) is 0. The van der Waals surface area contributed by atoms with Gasteiger partial charge in [-0.15, -0.1) is 12.8 Å². The molecule has 0 N–H and O–H groups in total. The fourth-order valence-corrected chi connectivity index (χ4v) is 0.876. The highest BCUT2D eigenvalue weighted by Gasteiger charge is 2.16. The lowest BCUT2D eigenvalue weighted by Crippen LogP contribution is -2.46. The van der Waals surface area contributed by atoms with Gasteiger partial charge >= 0.3 is 0 Å². The topological polar surface area (TPSA) is 40.6 Å². The van der Waals surface area contributed by atoms with Gasteiger partial charge in [0.05, 0.1) is 6.54 Å². The van der Waals surface area contributed by atoms with Gasteiger partial charge in [0.2, 0.25) is 5.91 Å². The summed E-state index contributed by atoms with van der Waals surface area (Å²) in [7, 11) is 3.81. The smallest absolute Gasteiger partial charge is 0.236 e. The number of likely N-dealkylation sites (N-methyl/N-ethyl adjacent to an activating group) is 2. The highest BCUT2D eigenvalue weighted by Crippen LogP contribution is 1.95. The molecule has 1 aliphatic heterocycles. The Morgan fingerprint density at radius 1 is 1.23 bits per heavy atom. The van der Waals surface area contributed by atoms with Gasteiger partial charge < -0.3 is 9.69 Å². The van der Waals surface area contributed by atoms with Crippen molar-refractivity contribution in [2.45, 2.75) is 0 Å². The summed E-state index contributed by atoms with van der Waals surface area (Å²) in [6.45, 7) is 4.45. The molecule has 1 heterocycles. The summed E-state index contributed by atoms with van der Waals surface area (Å²) in [4.78, 5) is 22.7. The van der Waals surface area contributed by atoms with Crippen LogP contribution in [0.25, 0.3) is 0 Å². The van der Waals surface area contributed by atoms with Crippen LogP contribution in [0.3, 0.4) is 0 Å². The second-order valence-electron chi connectivity index (χ2n) is 2.55. The van der Waals surface area contributed by atoms with Gasteiger partial charge in [0.25, 0.3) is 0 Å². The highest BCUT2D eigenvalue weighted by molar-refractivity contribution is 5.78. The van der Waals surface area contributed by atoms with Gasteiger partial charge in [-0.2, -0.15) is 0 Å². The molecule has 0 aliphatic carbocycles. The second kappa shape index (κ2) is 8.75. The number of amides is 1. The molecule has 1 rings (SSSR count). The van der Waals surface area contributed by atoms with Gasteiger partial charge in [-0.05, 0) is 7.05 Å². The first-order chi connectivity index (χ1) is 6.20. The van der Waals surface area contributed by atoms with Crippen LogP contribution in [0.15, 0.2) is 0 Å². The monoisotopic (exact) mass is 184 g/mol. The van der Waals surface area contributed by atoms with Crippen molar-refractivity contribution in [3.8, 4) is 12.8 Å². The number of piperazine rings is 1. The van der Waals surface area contributed by atoms with E-state index in [9.17, 15) is 4.79 Å². The third kappa shape index (κ3) is 5.88. The number of carbonyl (C=O) groups is 2. The van der Waals surface area contributed by atoms with E-state index < -0.39 is 0 Å². The normalized spacial score (nSPS) is 16.3. The number of hydrogen-bond acceptors (Lipinski definition) is 3. The first-order valence-electron chi connectivity index (χ1n) is 3.75. The van der Waals surface area contributed by atoms with Crippen molar-refractivity contribution in [3.05, 3.63) is 0 Å². The molecule has 0 bridgehead atoms. The quantitative estimate of drug-likeness (QED) is 0.474. The maximum Gasteiger partial charge on any atom is 0.236 e. The van der Waals surface area contributed by atoms with Crippen molar-refractivity contribution in [1.82, 2.24) is 9.80 Å². The molecule has 4 nitrogen and oxygen atoms in total. The third-order valence-electron chi connectivity index (χ3n) is 1.65. The van der Waals surface area contributed by atoms with E-state index in [1.54, 1.807) is 4.90 Å². The summed E-state index contributed by atoms with van der Waals surface area (Å²) in [6.07, 6.45) is 8.00. The van der Waals surface area contributed by atoms with Crippen LogP contribution in [0.5, 0.6) is 0 Å². The van der Waals surface area contributed by atoms with Crippen molar-refractivity contribution in [2.75, 3.05) is 33.7 Å². The Hall–Kier alpha value is -1.34. The minimum Gasteiger partial charge on any atom is -0.343 e. The maximum absolute atomic E-state index is 10.9. The second-order valence-corrected chi connectivity index (χ2v) is 2.55. The van der Waals surface area contributed by atoms with Crippen LogP contribution in [0.2, 0.25) is 0 Å². The Morgan fingerprint density at radius 2 is 1.69 bits per heavy atom. The third-order valence-corrected chi connectivity index (χ3v) is 1.65. The predicted molar refractivity (Wildman–Crippen MR) is 52.1 cm³/mol. The van der Waals surface area contributed by atoms with Crippen LogP contribution in [0.4, 0.5) is 0 Å². The van der Waals surface area contributed by atoms with Crippen LogP contribution in [0.1, 0.15) is 0 Å². The van der Waals surface area contributed by atoms with E-state index in [1.165, 1.54) is 0 Å². The summed E-state index contributed by atoms with van der Waals surface area (Å²) in [5.41, 5.74) is 0. The Morgan fingerprint density at radius 3 is 2.00 bits per heavy atom. The number of nitrogens with zero attached hydrogens (tertiary/aromatic N) is 2. The fraction of sp³-hybridized carbons (Fsp3) is 0.556. The van der Waals surface area contributed by atoms with Crippen molar-refractivity contribution >= 4 is 12.7 Å². The molecule has 1 fully saturated rings. The van der Waals surface area contributed by atoms with Crippen LogP contribution in [-0.4, -0.2) is 56.2 Å². The van der Waals surface area contributed by atoms with Crippen molar-refractivity contribution in [2.24, 2.45) is 0 Å². The number of rotatable bonds is 0. The van der Waals surface area contributed by atoms with Gasteiger partial charge in [-0.25, -0.2) is 0 Å². The molecule has 0 unspecified atom stereocenters.